The molecule has 1 fully saturated rings. The molecule has 1 aliphatic heterocycles. The van der Waals surface area contributed by atoms with E-state index in [2.05, 4.69) is 9.47 Å². The summed E-state index contributed by atoms with van der Waals surface area (Å²) in [6, 6.07) is 0. The van der Waals surface area contributed by atoms with Crippen molar-refractivity contribution in [2.45, 2.75) is 26.2 Å². The Morgan fingerprint density at radius 1 is 0.826 bits per heavy atom. The summed E-state index contributed by atoms with van der Waals surface area (Å²) in [5, 5.41) is 41.2. The second kappa shape index (κ2) is 15.6. The van der Waals surface area contributed by atoms with Crippen molar-refractivity contribution in [1.29, 1.82) is 0 Å². The van der Waals surface area contributed by atoms with Gasteiger partial charge in [0.2, 0.25) is 0 Å². The molecule has 0 aromatic heterocycles. The lowest BCUT2D eigenvalue weighted by molar-refractivity contribution is -0.158. The van der Waals surface area contributed by atoms with Gasteiger partial charge >= 0.3 is 11.9 Å². The molecular formula is C14H28O9. The topological polar surface area (TPSA) is 154 Å². The van der Waals surface area contributed by atoms with Crippen molar-refractivity contribution in [2.75, 3.05) is 46.2 Å². The van der Waals surface area contributed by atoms with Gasteiger partial charge < -0.3 is 35.0 Å². The quantitative estimate of drug-likeness (QED) is 0.365. The van der Waals surface area contributed by atoms with Crippen LogP contribution in [0.3, 0.4) is 0 Å². The first kappa shape index (κ1) is 24.0. The third-order valence-electron chi connectivity index (χ3n) is 3.00. The van der Waals surface area contributed by atoms with Gasteiger partial charge in [-0.1, -0.05) is 6.92 Å². The van der Waals surface area contributed by atoms with E-state index in [0.29, 0.717) is 6.42 Å². The van der Waals surface area contributed by atoms with E-state index >= 15 is 0 Å². The number of hydrogen-bond donors (Lipinski definition) is 5. The van der Waals surface area contributed by atoms with Crippen molar-refractivity contribution in [2.24, 2.45) is 5.41 Å². The van der Waals surface area contributed by atoms with Crippen LogP contribution in [0.1, 0.15) is 26.2 Å². The maximum Gasteiger partial charge on any atom is 0.306 e. The molecule has 5 N–H and O–H groups in total. The molecule has 0 bridgehead atoms. The maximum absolute atomic E-state index is 10.6. The summed E-state index contributed by atoms with van der Waals surface area (Å²) >= 11 is 0. The average Bonchev–Trinajstić information content (AvgIpc) is 2.59. The minimum absolute atomic E-state index is 0.125. The second-order valence-electron chi connectivity index (χ2n) is 4.72. The molecule has 23 heavy (non-hydrogen) atoms. The third-order valence-corrected chi connectivity index (χ3v) is 3.00. The molecule has 0 saturated carbocycles. The van der Waals surface area contributed by atoms with Gasteiger partial charge in [0.05, 0.1) is 45.9 Å². The van der Waals surface area contributed by atoms with E-state index in [1.165, 1.54) is 0 Å². The fourth-order valence-corrected chi connectivity index (χ4v) is 1.14. The fourth-order valence-electron chi connectivity index (χ4n) is 1.14. The van der Waals surface area contributed by atoms with Gasteiger partial charge in [-0.2, -0.15) is 0 Å². The number of rotatable bonds is 5. The molecule has 1 saturated heterocycles. The molecule has 138 valence electrons. The minimum atomic E-state index is -0.667. The summed E-state index contributed by atoms with van der Waals surface area (Å²) in [5.74, 6) is -0.645. The van der Waals surface area contributed by atoms with Crippen molar-refractivity contribution in [3.05, 3.63) is 0 Å². The summed E-state index contributed by atoms with van der Waals surface area (Å²) < 4.78 is 9.23. The maximum atomic E-state index is 10.6. The van der Waals surface area contributed by atoms with Gasteiger partial charge in [-0.3, -0.25) is 9.59 Å². The summed E-state index contributed by atoms with van der Waals surface area (Å²) in [7, 11) is 0. The number of carbonyl (C=O) groups is 2. The van der Waals surface area contributed by atoms with Gasteiger partial charge in [-0.15, -0.1) is 0 Å². The smallest absolute Gasteiger partial charge is 0.306 e. The largest absolute Gasteiger partial charge is 0.462 e. The summed E-state index contributed by atoms with van der Waals surface area (Å²) in [6.45, 7) is 1.47. The van der Waals surface area contributed by atoms with Crippen LogP contribution in [0.4, 0.5) is 0 Å². The molecule has 9 heteroatoms. The standard InChI is InChI=1S/C6H8O4.C6H14O3.C2H6O2/c7-5-1-2-6(8)10-4-3-9-5;1-2-6(3-7,4-8)5-9;3-1-2-4/h1-4H2;7-9H,2-5H2,1H3;3-4H,1-2H2. The van der Waals surface area contributed by atoms with Gasteiger partial charge in [0.15, 0.2) is 0 Å². The lowest BCUT2D eigenvalue weighted by Gasteiger charge is -2.24. The zero-order chi connectivity index (χ0) is 18.1. The SMILES string of the molecule is CCC(CO)(CO)CO.O=C1CCC(=O)OCCO1.OCCO. The van der Waals surface area contributed by atoms with E-state index < -0.39 is 5.41 Å². The van der Waals surface area contributed by atoms with Crippen LogP contribution in [0.25, 0.3) is 0 Å². The van der Waals surface area contributed by atoms with Crippen LogP contribution in [0.2, 0.25) is 0 Å². The molecule has 0 aromatic carbocycles. The van der Waals surface area contributed by atoms with E-state index in [0.717, 1.165) is 0 Å². The highest BCUT2D eigenvalue weighted by Gasteiger charge is 2.24. The number of hydrogen-bond acceptors (Lipinski definition) is 9. The lowest BCUT2D eigenvalue weighted by Crippen LogP contribution is -2.32. The molecule has 1 heterocycles. The summed E-state index contributed by atoms with van der Waals surface area (Å²) in [4.78, 5) is 21.1. The zero-order valence-electron chi connectivity index (χ0n) is 13.4. The molecule has 0 amide bonds. The first-order valence-electron chi connectivity index (χ1n) is 7.30. The average molecular weight is 340 g/mol. The Morgan fingerprint density at radius 2 is 1.17 bits per heavy atom. The van der Waals surface area contributed by atoms with Crippen LogP contribution in [0.15, 0.2) is 0 Å². The highest BCUT2D eigenvalue weighted by atomic mass is 16.6. The van der Waals surface area contributed by atoms with E-state index in [-0.39, 0.29) is 71.0 Å². The van der Waals surface area contributed by atoms with Crippen LogP contribution >= 0.6 is 0 Å². The molecule has 0 spiro atoms. The number of aliphatic hydroxyl groups is 5. The Morgan fingerprint density at radius 3 is 1.35 bits per heavy atom. The van der Waals surface area contributed by atoms with Crippen LogP contribution < -0.4 is 0 Å². The van der Waals surface area contributed by atoms with E-state index in [4.69, 9.17) is 25.5 Å². The van der Waals surface area contributed by atoms with Crippen LogP contribution in [-0.4, -0.2) is 83.7 Å². The Kier molecular flexibility index (Phi) is 16.3. The Bertz CT molecular complexity index is 265. The van der Waals surface area contributed by atoms with Gasteiger partial charge in [0, 0.05) is 5.41 Å². The molecule has 0 radical (unpaired) electrons. The molecule has 0 atom stereocenters. The van der Waals surface area contributed by atoms with Crippen molar-refractivity contribution < 1.29 is 44.6 Å². The molecule has 1 aliphatic rings. The van der Waals surface area contributed by atoms with Crippen LogP contribution in [0, 0.1) is 5.41 Å². The highest BCUT2D eigenvalue weighted by Crippen LogP contribution is 2.18. The van der Waals surface area contributed by atoms with E-state index in [9.17, 15) is 9.59 Å². The zero-order valence-corrected chi connectivity index (χ0v) is 13.4. The number of aliphatic hydroxyl groups excluding tert-OH is 5. The molecular weight excluding hydrogens is 312 g/mol. The Labute approximate surface area is 135 Å². The monoisotopic (exact) mass is 340 g/mol. The van der Waals surface area contributed by atoms with Gasteiger partial charge in [-0.25, -0.2) is 0 Å². The van der Waals surface area contributed by atoms with Gasteiger partial charge in [0.25, 0.3) is 0 Å². The molecule has 0 aliphatic carbocycles. The lowest BCUT2D eigenvalue weighted by atomic mass is 9.88. The number of carbonyl (C=O) groups excluding carboxylic acids is 2. The molecule has 0 aromatic rings. The van der Waals surface area contributed by atoms with Crippen molar-refractivity contribution in [1.82, 2.24) is 0 Å². The number of ether oxygens (including phenoxy) is 2. The molecule has 1 rings (SSSR count). The predicted molar refractivity (Wildman–Crippen MR) is 79.3 cm³/mol. The van der Waals surface area contributed by atoms with Crippen molar-refractivity contribution >= 4 is 11.9 Å². The first-order chi connectivity index (χ1) is 10.9. The normalized spacial score (nSPS) is 14.9. The van der Waals surface area contributed by atoms with Gasteiger partial charge in [0.1, 0.15) is 13.2 Å². The predicted octanol–water partition coefficient (Wildman–Crippen LogP) is -1.80. The van der Waals surface area contributed by atoms with E-state index in [1.54, 1.807) is 0 Å². The highest BCUT2D eigenvalue weighted by molar-refractivity contribution is 5.78. The molecule has 9 nitrogen and oxygen atoms in total. The Hall–Kier alpha value is -1.26. The molecule has 0 unspecified atom stereocenters. The third kappa shape index (κ3) is 12.9. The summed E-state index contributed by atoms with van der Waals surface area (Å²) in [6.07, 6.45) is 0.869. The van der Waals surface area contributed by atoms with Crippen molar-refractivity contribution in [3.63, 3.8) is 0 Å². The van der Waals surface area contributed by atoms with Crippen molar-refractivity contribution in [3.8, 4) is 0 Å². The Balaban J connectivity index is 0. The first-order valence-corrected chi connectivity index (χ1v) is 7.30. The van der Waals surface area contributed by atoms with Crippen LogP contribution in [-0.2, 0) is 19.1 Å². The summed E-state index contributed by atoms with van der Waals surface area (Å²) in [5.41, 5.74) is -0.667. The number of esters is 2. The van der Waals surface area contributed by atoms with Crippen LogP contribution in [0.5, 0.6) is 0 Å². The fraction of sp³-hybridized carbons (Fsp3) is 0.857. The van der Waals surface area contributed by atoms with Gasteiger partial charge in [-0.05, 0) is 6.42 Å². The number of cyclic esters (lactones) is 2. The minimum Gasteiger partial charge on any atom is -0.462 e. The van der Waals surface area contributed by atoms with E-state index in [1.807, 2.05) is 6.92 Å². The second-order valence-corrected chi connectivity index (χ2v) is 4.72.